The summed E-state index contributed by atoms with van der Waals surface area (Å²) in [7, 11) is 0. The summed E-state index contributed by atoms with van der Waals surface area (Å²) in [5, 5.41) is 22.0. The number of imidazole rings is 1. The highest BCUT2D eigenvalue weighted by molar-refractivity contribution is 5.61. The van der Waals surface area contributed by atoms with Crippen molar-refractivity contribution in [1.82, 2.24) is 24.1 Å². The second-order valence-electron chi connectivity index (χ2n) is 3.45. The van der Waals surface area contributed by atoms with Crippen LogP contribution in [0.5, 0.6) is 0 Å². The fourth-order valence-corrected chi connectivity index (χ4v) is 1.73. The van der Waals surface area contributed by atoms with E-state index in [1.807, 2.05) is 12.1 Å². The first-order valence-electron chi connectivity index (χ1n) is 5.01. The first-order chi connectivity index (χ1) is 8.85. The van der Waals surface area contributed by atoms with Crippen LogP contribution in [-0.4, -0.2) is 24.1 Å². The summed E-state index contributed by atoms with van der Waals surface area (Å²) in [6.45, 7) is 0. The summed E-state index contributed by atoms with van der Waals surface area (Å²) in [5.41, 5.74) is 0.982. The van der Waals surface area contributed by atoms with Gasteiger partial charge in [0.2, 0.25) is 0 Å². The van der Waals surface area contributed by atoms with Crippen LogP contribution in [0.25, 0.3) is 11.3 Å². The van der Waals surface area contributed by atoms with E-state index in [-0.39, 0.29) is 11.4 Å². The fourth-order valence-electron chi connectivity index (χ4n) is 1.73. The molecule has 0 saturated heterocycles. The fraction of sp³-hybridized carbons (Fsp3) is 0. The summed E-state index contributed by atoms with van der Waals surface area (Å²) in [5.74, 6) is 0.514. The van der Waals surface area contributed by atoms with E-state index >= 15 is 0 Å². The van der Waals surface area contributed by atoms with Crippen molar-refractivity contribution >= 4 is 5.52 Å². The van der Waals surface area contributed by atoms with Gasteiger partial charge in [-0.1, -0.05) is 0 Å². The van der Waals surface area contributed by atoms with Crippen molar-refractivity contribution in [1.29, 1.82) is 10.5 Å². The summed E-state index contributed by atoms with van der Waals surface area (Å²) in [6.07, 6.45) is 6.32. The Morgan fingerprint density at radius 3 is 2.78 bits per heavy atom. The molecule has 0 spiro atoms. The summed E-state index contributed by atoms with van der Waals surface area (Å²) in [4.78, 5) is 8.09. The topological polar surface area (TPSA) is 95.6 Å². The van der Waals surface area contributed by atoms with Crippen LogP contribution in [-0.2, 0) is 0 Å². The van der Waals surface area contributed by atoms with Crippen molar-refractivity contribution in [3.63, 3.8) is 0 Å². The minimum Gasteiger partial charge on any atom is -0.271 e. The summed E-state index contributed by atoms with van der Waals surface area (Å²) >= 11 is 0. The van der Waals surface area contributed by atoms with Gasteiger partial charge in [0.05, 0.1) is 6.20 Å². The molecule has 3 heterocycles. The lowest BCUT2D eigenvalue weighted by molar-refractivity contribution is 0.906. The summed E-state index contributed by atoms with van der Waals surface area (Å²) in [6, 6.07) is 5.61. The minimum atomic E-state index is 0.0841. The Bertz CT molecular complexity index is 812. The maximum absolute atomic E-state index is 9.09. The average molecular weight is 235 g/mol. The van der Waals surface area contributed by atoms with Crippen LogP contribution in [0.1, 0.15) is 11.4 Å². The molecule has 0 N–H and O–H groups in total. The highest BCUT2D eigenvalue weighted by Crippen LogP contribution is 2.16. The SMILES string of the molecule is N#Cc1ncn(-c2nccn3nccc23)c1C#N. The first-order valence-corrected chi connectivity index (χ1v) is 5.01. The number of hydrogen-bond acceptors (Lipinski definition) is 5. The van der Waals surface area contributed by atoms with Gasteiger partial charge in [0.15, 0.2) is 17.2 Å². The highest BCUT2D eigenvalue weighted by Gasteiger charge is 2.14. The Morgan fingerprint density at radius 2 is 2.00 bits per heavy atom. The monoisotopic (exact) mass is 235 g/mol. The van der Waals surface area contributed by atoms with Gasteiger partial charge in [-0.2, -0.15) is 15.6 Å². The van der Waals surface area contributed by atoms with Crippen molar-refractivity contribution in [2.45, 2.75) is 0 Å². The lowest BCUT2D eigenvalue weighted by Crippen LogP contribution is -2.02. The van der Waals surface area contributed by atoms with E-state index < -0.39 is 0 Å². The number of nitriles is 2. The second kappa shape index (κ2) is 3.68. The molecule has 0 bridgehead atoms. The molecule has 0 aliphatic carbocycles. The van der Waals surface area contributed by atoms with E-state index in [2.05, 4.69) is 15.1 Å². The zero-order chi connectivity index (χ0) is 12.5. The molecule has 0 fully saturated rings. The van der Waals surface area contributed by atoms with Crippen LogP contribution < -0.4 is 0 Å². The molecule has 3 rings (SSSR count). The van der Waals surface area contributed by atoms with Crippen molar-refractivity contribution in [3.8, 4) is 18.0 Å². The third kappa shape index (κ3) is 1.25. The van der Waals surface area contributed by atoms with E-state index in [0.29, 0.717) is 5.82 Å². The normalized spacial score (nSPS) is 10.1. The van der Waals surface area contributed by atoms with Crippen LogP contribution in [0.4, 0.5) is 0 Å². The van der Waals surface area contributed by atoms with Gasteiger partial charge < -0.3 is 0 Å². The van der Waals surface area contributed by atoms with Crippen LogP contribution in [0, 0.1) is 22.7 Å². The quantitative estimate of drug-likeness (QED) is 0.617. The molecule has 7 nitrogen and oxygen atoms in total. The molecule has 0 aromatic carbocycles. The minimum absolute atomic E-state index is 0.0841. The molecule has 0 radical (unpaired) electrons. The summed E-state index contributed by atoms with van der Waals surface area (Å²) < 4.78 is 3.12. The Labute approximate surface area is 101 Å². The Morgan fingerprint density at radius 1 is 1.11 bits per heavy atom. The zero-order valence-corrected chi connectivity index (χ0v) is 9.02. The van der Waals surface area contributed by atoms with Gasteiger partial charge in [-0.05, 0) is 6.07 Å². The molecule has 3 aromatic heterocycles. The van der Waals surface area contributed by atoms with Crippen LogP contribution in [0.2, 0.25) is 0 Å². The van der Waals surface area contributed by atoms with Crippen LogP contribution in [0.3, 0.4) is 0 Å². The van der Waals surface area contributed by atoms with Crippen molar-refractivity contribution in [3.05, 3.63) is 42.4 Å². The molecular weight excluding hydrogens is 230 g/mol. The van der Waals surface area contributed by atoms with E-state index in [9.17, 15) is 0 Å². The molecule has 18 heavy (non-hydrogen) atoms. The molecule has 0 aliphatic rings. The molecule has 0 saturated carbocycles. The lowest BCUT2D eigenvalue weighted by Gasteiger charge is -2.04. The molecule has 84 valence electrons. The van der Waals surface area contributed by atoms with Crippen molar-refractivity contribution in [2.75, 3.05) is 0 Å². The van der Waals surface area contributed by atoms with Crippen molar-refractivity contribution in [2.24, 2.45) is 0 Å². The van der Waals surface area contributed by atoms with E-state index in [0.717, 1.165) is 5.52 Å². The zero-order valence-electron chi connectivity index (χ0n) is 9.02. The molecule has 0 unspecified atom stereocenters. The maximum Gasteiger partial charge on any atom is 0.177 e. The van der Waals surface area contributed by atoms with E-state index in [1.54, 1.807) is 29.2 Å². The van der Waals surface area contributed by atoms with Gasteiger partial charge in [-0.25, -0.2) is 14.5 Å². The number of aromatic nitrogens is 5. The van der Waals surface area contributed by atoms with Gasteiger partial charge >= 0.3 is 0 Å². The Balaban J connectivity index is 2.34. The predicted molar refractivity (Wildman–Crippen MR) is 59.5 cm³/mol. The number of nitrogens with zero attached hydrogens (tertiary/aromatic N) is 7. The molecule has 7 heteroatoms. The Kier molecular flexibility index (Phi) is 2.04. The first kappa shape index (κ1) is 10.00. The third-order valence-electron chi connectivity index (χ3n) is 2.51. The van der Waals surface area contributed by atoms with Crippen LogP contribution in [0.15, 0.2) is 31.0 Å². The van der Waals surface area contributed by atoms with Gasteiger partial charge in [-0.15, -0.1) is 0 Å². The molecule has 3 aromatic rings. The van der Waals surface area contributed by atoms with Gasteiger partial charge in [0.25, 0.3) is 0 Å². The second-order valence-corrected chi connectivity index (χ2v) is 3.45. The van der Waals surface area contributed by atoms with E-state index in [1.165, 1.54) is 10.9 Å². The predicted octanol–water partition coefficient (Wildman–Crippen LogP) is 0.658. The maximum atomic E-state index is 9.09. The van der Waals surface area contributed by atoms with Gasteiger partial charge in [-0.3, -0.25) is 4.57 Å². The average Bonchev–Trinajstić information content (AvgIpc) is 3.03. The van der Waals surface area contributed by atoms with Gasteiger partial charge in [0.1, 0.15) is 24.0 Å². The third-order valence-corrected chi connectivity index (χ3v) is 2.51. The molecule has 0 amide bonds. The molecule has 0 atom stereocenters. The van der Waals surface area contributed by atoms with Gasteiger partial charge in [0, 0.05) is 12.4 Å². The Hall–Kier alpha value is -3.19. The molecule has 0 aliphatic heterocycles. The number of fused-ring (bicyclic) bond motifs is 1. The highest BCUT2D eigenvalue weighted by atomic mass is 15.2. The lowest BCUT2D eigenvalue weighted by atomic mass is 10.3. The smallest absolute Gasteiger partial charge is 0.177 e. The number of rotatable bonds is 1. The standard InChI is InChI=1S/C11H5N7/c12-5-8-10(6-13)17(7-15-8)11-9-1-2-16-18(9)4-3-14-11/h1-4,7H. The number of hydrogen-bond donors (Lipinski definition) is 0. The van der Waals surface area contributed by atoms with E-state index in [4.69, 9.17) is 10.5 Å². The van der Waals surface area contributed by atoms with Crippen molar-refractivity contribution < 1.29 is 0 Å². The largest absolute Gasteiger partial charge is 0.271 e. The molecular formula is C11H5N7. The van der Waals surface area contributed by atoms with Crippen LogP contribution >= 0.6 is 0 Å².